The topological polar surface area (TPSA) is 86.3 Å². The summed E-state index contributed by atoms with van der Waals surface area (Å²) in [7, 11) is 6.19. The summed E-state index contributed by atoms with van der Waals surface area (Å²) in [6.45, 7) is 4.28. The number of carbonyl (C=O) groups is 2. The number of ether oxygens (including phenoxy) is 4. The normalized spacial score (nSPS) is 20.2. The molecule has 2 aromatic rings. The number of carbonyl (C=O) groups excluding carboxylic acids is 2. The van der Waals surface area contributed by atoms with E-state index >= 15 is 0 Å². The van der Waals surface area contributed by atoms with Crippen LogP contribution in [0.4, 0.5) is 0 Å². The van der Waals surface area contributed by atoms with E-state index in [2.05, 4.69) is 5.32 Å². The van der Waals surface area contributed by atoms with Gasteiger partial charge in [0.2, 0.25) is 5.91 Å². The van der Waals surface area contributed by atoms with Gasteiger partial charge in [-0.1, -0.05) is 12.1 Å². The summed E-state index contributed by atoms with van der Waals surface area (Å²) in [4.78, 5) is 28.6. The van der Waals surface area contributed by atoms with Gasteiger partial charge in [0.25, 0.3) is 5.91 Å². The van der Waals surface area contributed by atoms with Crippen LogP contribution in [0.5, 0.6) is 23.0 Å². The molecule has 2 aromatic carbocycles. The van der Waals surface area contributed by atoms with Crippen molar-refractivity contribution in [3.05, 3.63) is 47.0 Å². The summed E-state index contributed by atoms with van der Waals surface area (Å²) in [6, 6.07) is 8.52. The average Bonchev–Trinajstić information content (AvgIpc) is 3.25. The maximum absolute atomic E-state index is 13.5. The Balaban J connectivity index is 1.59. The Bertz CT molecular complexity index is 1100. The van der Waals surface area contributed by atoms with Crippen LogP contribution in [0.15, 0.2) is 30.3 Å². The fourth-order valence-electron chi connectivity index (χ4n) is 4.53. The second-order valence-corrected chi connectivity index (χ2v) is 10.1. The van der Waals surface area contributed by atoms with Gasteiger partial charge >= 0.3 is 0 Å². The Morgan fingerprint density at radius 3 is 2.30 bits per heavy atom. The number of thioether (sulfide) groups is 1. The first-order valence-electron chi connectivity index (χ1n) is 10.5. The quantitative estimate of drug-likeness (QED) is 0.661. The van der Waals surface area contributed by atoms with Crippen LogP contribution in [-0.2, 0) is 11.3 Å². The monoisotopic (exact) mass is 472 g/mol. The molecule has 0 unspecified atom stereocenters. The van der Waals surface area contributed by atoms with Gasteiger partial charge in [-0.3, -0.25) is 9.59 Å². The van der Waals surface area contributed by atoms with Gasteiger partial charge in [-0.2, -0.15) is 0 Å². The maximum Gasteiger partial charge on any atom is 0.260 e. The highest BCUT2D eigenvalue weighted by molar-refractivity contribution is 8.01. The van der Waals surface area contributed by atoms with Gasteiger partial charge in [0.05, 0.1) is 34.0 Å². The van der Waals surface area contributed by atoms with E-state index in [-0.39, 0.29) is 17.2 Å². The summed E-state index contributed by atoms with van der Waals surface area (Å²) < 4.78 is 21.0. The van der Waals surface area contributed by atoms with Gasteiger partial charge in [0, 0.05) is 16.9 Å². The van der Waals surface area contributed by atoms with E-state index in [1.807, 2.05) is 32.0 Å². The van der Waals surface area contributed by atoms with Crippen LogP contribution < -0.4 is 24.3 Å². The minimum Gasteiger partial charge on any atom is -0.493 e. The minimum absolute atomic E-state index is 0.211. The molecule has 176 valence electrons. The van der Waals surface area contributed by atoms with Gasteiger partial charge in [0.1, 0.15) is 11.4 Å². The molecule has 9 heteroatoms. The third-order valence-electron chi connectivity index (χ3n) is 6.06. The molecule has 2 aliphatic heterocycles. The molecular weight excluding hydrogens is 444 g/mol. The number of methoxy groups -OCH3 is 4. The standard InChI is InChI=1S/C24H28N2O6S/c1-24(2)20(21(27)25-12-13-7-9-15(29-3)17(11-13)31-5)26-22(28)18-14(23(26)33-24)8-10-16(30-4)19(18)32-6/h7-11,20,23H,12H2,1-6H3,(H,25,27)/t20-,23+/m1/s1. The zero-order chi connectivity index (χ0) is 23.9. The Hall–Kier alpha value is -3.07. The molecular formula is C24H28N2O6S. The van der Waals surface area contributed by atoms with Crippen LogP contribution in [0.25, 0.3) is 0 Å². The Labute approximate surface area is 197 Å². The lowest BCUT2D eigenvalue weighted by atomic mass is 10.0. The van der Waals surface area contributed by atoms with Crippen molar-refractivity contribution >= 4 is 23.6 Å². The van der Waals surface area contributed by atoms with Crippen LogP contribution in [0.3, 0.4) is 0 Å². The summed E-state index contributed by atoms with van der Waals surface area (Å²) in [5.74, 6) is 1.66. The maximum atomic E-state index is 13.5. The molecule has 2 aliphatic rings. The average molecular weight is 473 g/mol. The number of fused-ring (bicyclic) bond motifs is 3. The van der Waals surface area contributed by atoms with Crippen molar-refractivity contribution in [3.63, 3.8) is 0 Å². The van der Waals surface area contributed by atoms with Crippen molar-refractivity contribution in [2.75, 3.05) is 28.4 Å². The van der Waals surface area contributed by atoms with Crippen molar-refractivity contribution in [2.24, 2.45) is 0 Å². The molecule has 0 bridgehead atoms. The molecule has 4 rings (SSSR count). The highest BCUT2D eigenvalue weighted by Gasteiger charge is 2.58. The number of amides is 2. The third kappa shape index (κ3) is 3.74. The highest BCUT2D eigenvalue weighted by Crippen LogP contribution is 2.58. The molecule has 0 saturated carbocycles. The summed E-state index contributed by atoms with van der Waals surface area (Å²) in [5.41, 5.74) is 2.16. The van der Waals surface area contributed by atoms with Crippen LogP contribution >= 0.6 is 11.8 Å². The first kappa shape index (κ1) is 23.1. The molecule has 0 aromatic heterocycles. The summed E-state index contributed by atoms with van der Waals surface area (Å²) >= 11 is 1.60. The Morgan fingerprint density at radius 2 is 1.67 bits per heavy atom. The second-order valence-electron chi connectivity index (χ2n) is 8.36. The largest absolute Gasteiger partial charge is 0.493 e. The van der Waals surface area contributed by atoms with E-state index in [1.54, 1.807) is 43.0 Å². The lowest BCUT2D eigenvalue weighted by Gasteiger charge is -2.29. The van der Waals surface area contributed by atoms with Crippen molar-refractivity contribution in [1.82, 2.24) is 10.2 Å². The number of hydrogen-bond donors (Lipinski definition) is 1. The SMILES string of the molecule is COc1ccc(CNC(=O)[C@H]2N3C(=O)c4c(ccc(OC)c4OC)[C@@H]3SC2(C)C)cc1OC. The molecule has 8 nitrogen and oxygen atoms in total. The fourth-order valence-corrected chi connectivity index (χ4v) is 6.11. The predicted molar refractivity (Wildman–Crippen MR) is 125 cm³/mol. The molecule has 0 aliphatic carbocycles. The van der Waals surface area contributed by atoms with Crippen LogP contribution in [0.1, 0.15) is 40.7 Å². The van der Waals surface area contributed by atoms with Crippen LogP contribution in [-0.4, -0.2) is 55.9 Å². The number of rotatable bonds is 7. The first-order valence-corrected chi connectivity index (χ1v) is 11.4. The zero-order valence-electron chi connectivity index (χ0n) is 19.6. The number of benzene rings is 2. The lowest BCUT2D eigenvalue weighted by Crippen LogP contribution is -2.52. The van der Waals surface area contributed by atoms with E-state index in [1.165, 1.54) is 14.2 Å². The summed E-state index contributed by atoms with van der Waals surface area (Å²) in [6.07, 6.45) is 0. The van der Waals surface area contributed by atoms with Crippen molar-refractivity contribution < 1.29 is 28.5 Å². The summed E-state index contributed by atoms with van der Waals surface area (Å²) in [5, 5.41) is 2.73. The minimum atomic E-state index is -0.650. The van der Waals surface area contributed by atoms with Gasteiger partial charge in [0.15, 0.2) is 23.0 Å². The van der Waals surface area contributed by atoms with Gasteiger partial charge in [-0.15, -0.1) is 11.8 Å². The van der Waals surface area contributed by atoms with Gasteiger partial charge < -0.3 is 29.2 Å². The van der Waals surface area contributed by atoms with E-state index in [0.29, 0.717) is 35.1 Å². The zero-order valence-corrected chi connectivity index (χ0v) is 20.4. The molecule has 33 heavy (non-hydrogen) atoms. The van der Waals surface area contributed by atoms with Gasteiger partial charge in [-0.05, 0) is 37.6 Å². The van der Waals surface area contributed by atoms with E-state index in [0.717, 1.165) is 11.1 Å². The third-order valence-corrected chi connectivity index (χ3v) is 7.60. The van der Waals surface area contributed by atoms with E-state index < -0.39 is 10.8 Å². The first-order chi connectivity index (χ1) is 15.8. The second kappa shape index (κ2) is 8.70. The number of nitrogens with one attached hydrogen (secondary N) is 1. The van der Waals surface area contributed by atoms with E-state index in [4.69, 9.17) is 18.9 Å². The fraction of sp³-hybridized carbons (Fsp3) is 0.417. The van der Waals surface area contributed by atoms with Crippen LogP contribution in [0, 0.1) is 0 Å². The molecule has 1 N–H and O–H groups in total. The Kier molecular flexibility index (Phi) is 6.09. The molecule has 2 atom stereocenters. The smallest absolute Gasteiger partial charge is 0.260 e. The molecule has 1 saturated heterocycles. The van der Waals surface area contributed by atoms with Gasteiger partial charge in [-0.25, -0.2) is 0 Å². The van der Waals surface area contributed by atoms with Crippen molar-refractivity contribution in [1.29, 1.82) is 0 Å². The lowest BCUT2D eigenvalue weighted by molar-refractivity contribution is -0.126. The Morgan fingerprint density at radius 1 is 1.00 bits per heavy atom. The van der Waals surface area contributed by atoms with Crippen molar-refractivity contribution in [2.45, 2.75) is 36.6 Å². The van der Waals surface area contributed by atoms with E-state index in [9.17, 15) is 9.59 Å². The molecule has 1 fully saturated rings. The molecule has 0 spiro atoms. The molecule has 2 amide bonds. The molecule has 0 radical (unpaired) electrons. The predicted octanol–water partition coefficient (Wildman–Crippen LogP) is 3.39. The number of nitrogens with zero attached hydrogens (tertiary/aromatic N) is 1. The van der Waals surface area contributed by atoms with Crippen LogP contribution in [0.2, 0.25) is 0 Å². The van der Waals surface area contributed by atoms with Crippen molar-refractivity contribution in [3.8, 4) is 23.0 Å². The molecule has 2 heterocycles. The number of hydrogen-bond acceptors (Lipinski definition) is 7. The highest BCUT2D eigenvalue weighted by atomic mass is 32.2.